The Hall–Kier alpha value is -3.51. The van der Waals surface area contributed by atoms with Gasteiger partial charge < -0.3 is 9.88 Å². The van der Waals surface area contributed by atoms with Crippen molar-refractivity contribution in [2.24, 2.45) is 0 Å². The maximum Gasteiger partial charge on any atom is 0.0995 e. The van der Waals surface area contributed by atoms with Crippen LogP contribution in [-0.4, -0.2) is 10.6 Å². The molecule has 0 saturated carbocycles. The van der Waals surface area contributed by atoms with E-state index in [0.717, 1.165) is 17.5 Å². The molecular formula is C26H23N3. The number of para-hydroxylation sites is 1. The molecule has 2 heterocycles. The SMILES string of the molecule is CC1CC(c2ccc3ccn(Cc4ccccc4C#N)c3c2)c2ccccc2N1. The summed E-state index contributed by atoms with van der Waals surface area (Å²) in [6.07, 6.45) is 3.21. The van der Waals surface area contributed by atoms with E-state index in [0.29, 0.717) is 18.5 Å². The maximum absolute atomic E-state index is 9.43. The first-order valence-electron chi connectivity index (χ1n) is 10.1. The Morgan fingerprint density at radius 3 is 2.76 bits per heavy atom. The number of hydrogen-bond acceptors (Lipinski definition) is 2. The van der Waals surface area contributed by atoms with Gasteiger partial charge in [-0.15, -0.1) is 0 Å². The van der Waals surface area contributed by atoms with E-state index in [2.05, 4.69) is 77.6 Å². The molecule has 142 valence electrons. The van der Waals surface area contributed by atoms with Crippen molar-refractivity contribution >= 4 is 16.6 Å². The van der Waals surface area contributed by atoms with Crippen LogP contribution in [0.3, 0.4) is 0 Å². The van der Waals surface area contributed by atoms with E-state index in [4.69, 9.17) is 0 Å². The van der Waals surface area contributed by atoms with Crippen LogP contribution in [-0.2, 0) is 6.54 Å². The molecule has 2 unspecified atom stereocenters. The number of nitrogens with zero attached hydrogens (tertiary/aromatic N) is 2. The summed E-state index contributed by atoms with van der Waals surface area (Å²) in [5.41, 5.74) is 6.99. The van der Waals surface area contributed by atoms with Crippen molar-refractivity contribution < 1.29 is 0 Å². The zero-order chi connectivity index (χ0) is 19.8. The molecule has 0 radical (unpaired) electrons. The van der Waals surface area contributed by atoms with Gasteiger partial charge in [-0.2, -0.15) is 5.26 Å². The van der Waals surface area contributed by atoms with Gasteiger partial charge >= 0.3 is 0 Å². The number of fused-ring (bicyclic) bond motifs is 2. The minimum atomic E-state index is 0.390. The summed E-state index contributed by atoms with van der Waals surface area (Å²) in [6, 6.07) is 28.3. The second-order valence-corrected chi connectivity index (χ2v) is 7.95. The molecule has 0 saturated heterocycles. The maximum atomic E-state index is 9.43. The van der Waals surface area contributed by atoms with Crippen molar-refractivity contribution in [3.63, 3.8) is 0 Å². The van der Waals surface area contributed by atoms with Gasteiger partial charge in [-0.25, -0.2) is 0 Å². The second-order valence-electron chi connectivity index (χ2n) is 7.95. The van der Waals surface area contributed by atoms with Gasteiger partial charge in [0.05, 0.1) is 11.6 Å². The Balaban J connectivity index is 1.56. The highest BCUT2D eigenvalue weighted by Gasteiger charge is 2.25. The number of nitriles is 1. The van der Waals surface area contributed by atoms with Gasteiger partial charge in [0.25, 0.3) is 0 Å². The normalized spacial score (nSPS) is 18.1. The van der Waals surface area contributed by atoms with Crippen molar-refractivity contribution in [3.05, 3.63) is 101 Å². The van der Waals surface area contributed by atoms with E-state index >= 15 is 0 Å². The minimum absolute atomic E-state index is 0.390. The molecule has 0 fully saturated rings. The molecule has 0 amide bonds. The molecule has 3 aromatic carbocycles. The lowest BCUT2D eigenvalue weighted by atomic mass is 9.82. The van der Waals surface area contributed by atoms with Crippen LogP contribution in [0.4, 0.5) is 5.69 Å². The summed E-state index contributed by atoms with van der Waals surface area (Å²) in [4.78, 5) is 0. The third kappa shape index (κ3) is 3.17. The topological polar surface area (TPSA) is 40.8 Å². The molecule has 2 atom stereocenters. The molecule has 1 aliphatic heterocycles. The number of rotatable bonds is 3. The molecule has 3 heteroatoms. The van der Waals surface area contributed by atoms with E-state index in [1.807, 2.05) is 24.3 Å². The lowest BCUT2D eigenvalue weighted by Gasteiger charge is -2.31. The first-order valence-corrected chi connectivity index (χ1v) is 10.1. The highest BCUT2D eigenvalue weighted by molar-refractivity contribution is 5.81. The van der Waals surface area contributed by atoms with E-state index in [-0.39, 0.29) is 0 Å². The quantitative estimate of drug-likeness (QED) is 0.483. The molecule has 1 aromatic heterocycles. The van der Waals surface area contributed by atoms with Crippen molar-refractivity contribution in [2.45, 2.75) is 31.8 Å². The Morgan fingerprint density at radius 2 is 1.86 bits per heavy atom. The monoisotopic (exact) mass is 377 g/mol. The molecule has 0 spiro atoms. The number of anilines is 1. The Labute approximate surface area is 171 Å². The van der Waals surface area contributed by atoms with Gasteiger partial charge in [0.1, 0.15) is 0 Å². The Morgan fingerprint density at radius 1 is 1.03 bits per heavy atom. The average molecular weight is 377 g/mol. The van der Waals surface area contributed by atoms with Gasteiger partial charge in [-0.1, -0.05) is 48.5 Å². The number of benzene rings is 3. The van der Waals surface area contributed by atoms with Crippen LogP contribution in [0.1, 0.15) is 41.5 Å². The van der Waals surface area contributed by atoms with Crippen molar-refractivity contribution in [3.8, 4) is 6.07 Å². The third-order valence-corrected chi connectivity index (χ3v) is 6.01. The van der Waals surface area contributed by atoms with Gasteiger partial charge in [-0.3, -0.25) is 0 Å². The smallest absolute Gasteiger partial charge is 0.0995 e. The highest BCUT2D eigenvalue weighted by atomic mass is 15.0. The molecule has 0 aliphatic carbocycles. The molecule has 0 bridgehead atoms. The molecule has 1 aliphatic rings. The first-order chi connectivity index (χ1) is 14.2. The van der Waals surface area contributed by atoms with E-state index in [9.17, 15) is 5.26 Å². The molecule has 1 N–H and O–H groups in total. The number of nitrogens with one attached hydrogen (secondary N) is 1. The van der Waals surface area contributed by atoms with Crippen LogP contribution in [0.5, 0.6) is 0 Å². The van der Waals surface area contributed by atoms with Crippen LogP contribution in [0.25, 0.3) is 10.9 Å². The predicted molar refractivity (Wildman–Crippen MR) is 118 cm³/mol. The highest BCUT2D eigenvalue weighted by Crippen LogP contribution is 2.39. The van der Waals surface area contributed by atoms with Gasteiger partial charge in [0, 0.05) is 35.9 Å². The largest absolute Gasteiger partial charge is 0.382 e. The first kappa shape index (κ1) is 17.6. The van der Waals surface area contributed by atoms with E-state index in [1.165, 1.54) is 27.7 Å². The number of aromatic nitrogens is 1. The lowest BCUT2D eigenvalue weighted by Crippen LogP contribution is -2.25. The predicted octanol–water partition coefficient (Wildman–Crippen LogP) is 5.90. The van der Waals surface area contributed by atoms with Crippen LogP contribution in [0.15, 0.2) is 79.0 Å². The fraction of sp³-hybridized carbons (Fsp3) is 0.192. The molecule has 29 heavy (non-hydrogen) atoms. The zero-order valence-electron chi connectivity index (χ0n) is 16.5. The Kier molecular flexibility index (Phi) is 4.33. The summed E-state index contributed by atoms with van der Waals surface area (Å²) in [6.45, 7) is 2.96. The fourth-order valence-corrected chi connectivity index (χ4v) is 4.56. The van der Waals surface area contributed by atoms with Crippen molar-refractivity contribution in [1.29, 1.82) is 5.26 Å². The van der Waals surface area contributed by atoms with Crippen LogP contribution < -0.4 is 5.32 Å². The number of hydrogen-bond donors (Lipinski definition) is 1. The summed E-state index contributed by atoms with van der Waals surface area (Å²) >= 11 is 0. The minimum Gasteiger partial charge on any atom is -0.382 e. The van der Waals surface area contributed by atoms with Crippen LogP contribution >= 0.6 is 0 Å². The molecule has 3 nitrogen and oxygen atoms in total. The lowest BCUT2D eigenvalue weighted by molar-refractivity contribution is 0.615. The van der Waals surface area contributed by atoms with Gasteiger partial charge in [0.2, 0.25) is 0 Å². The van der Waals surface area contributed by atoms with Crippen LogP contribution in [0.2, 0.25) is 0 Å². The summed E-state index contributed by atoms with van der Waals surface area (Å²) in [7, 11) is 0. The molecule has 4 aromatic rings. The van der Waals surface area contributed by atoms with E-state index < -0.39 is 0 Å². The molecular weight excluding hydrogens is 354 g/mol. The summed E-state index contributed by atoms with van der Waals surface area (Å²) in [5, 5.41) is 14.3. The second kappa shape index (κ2) is 7.14. The van der Waals surface area contributed by atoms with E-state index in [1.54, 1.807) is 0 Å². The Bertz CT molecular complexity index is 1230. The van der Waals surface area contributed by atoms with Gasteiger partial charge in [-0.05, 0) is 59.7 Å². The van der Waals surface area contributed by atoms with Gasteiger partial charge in [0.15, 0.2) is 0 Å². The molecule has 5 rings (SSSR count). The zero-order valence-corrected chi connectivity index (χ0v) is 16.5. The summed E-state index contributed by atoms with van der Waals surface area (Å²) in [5.74, 6) is 0.390. The van der Waals surface area contributed by atoms with Crippen LogP contribution in [0, 0.1) is 11.3 Å². The third-order valence-electron chi connectivity index (χ3n) is 6.01. The summed E-state index contributed by atoms with van der Waals surface area (Å²) < 4.78 is 2.26. The average Bonchev–Trinajstić information content (AvgIpc) is 3.15. The fourth-order valence-electron chi connectivity index (χ4n) is 4.56. The standard InChI is InChI=1S/C26H23N3/c1-18-14-24(23-8-4-5-9-25(23)28-18)20-11-10-19-12-13-29(26(19)15-20)17-22-7-3-2-6-21(22)16-27/h2-13,15,18,24,28H,14,17H2,1H3. The van der Waals surface area contributed by atoms with Crippen molar-refractivity contribution in [1.82, 2.24) is 4.57 Å². The van der Waals surface area contributed by atoms with Crippen molar-refractivity contribution in [2.75, 3.05) is 5.32 Å².